The molecule has 0 nitrogen and oxygen atoms in total. The first kappa shape index (κ1) is 3.24. The highest BCUT2D eigenvalue weighted by Gasteiger charge is 2.86. The largest absolute Gasteiger partial charge is 0.0462 e. The normalized spacial score (nSPS) is 87.0. The van der Waals surface area contributed by atoms with Crippen LogP contribution in [0, 0.1) is 29.1 Å². The topological polar surface area (TPSA) is 0 Å². The van der Waals surface area contributed by atoms with Gasteiger partial charge in [-0.25, -0.2) is 0 Å². The molecule has 42 valence electrons. The maximum absolute atomic E-state index is 1.65. The van der Waals surface area contributed by atoms with Crippen LogP contribution < -0.4 is 0 Å². The van der Waals surface area contributed by atoms with E-state index < -0.39 is 0 Å². The molecule has 0 heteroatoms. The van der Waals surface area contributed by atoms with Gasteiger partial charge in [-0.2, -0.15) is 0 Å². The second-order valence-corrected chi connectivity index (χ2v) is 4.36. The van der Waals surface area contributed by atoms with Gasteiger partial charge < -0.3 is 0 Å². The van der Waals surface area contributed by atoms with Crippen LogP contribution in [0.25, 0.3) is 0 Å². The van der Waals surface area contributed by atoms with Gasteiger partial charge in [0, 0.05) is 0 Å². The van der Waals surface area contributed by atoms with E-state index in [1.54, 1.807) is 19.3 Å². The van der Waals surface area contributed by atoms with Crippen LogP contribution in [0.3, 0.4) is 0 Å². The number of rotatable bonds is 0. The third-order valence-electron chi connectivity index (χ3n) is 4.48. The zero-order valence-corrected chi connectivity index (χ0v) is 4.93. The maximum atomic E-state index is 1.65. The molecule has 1 spiro atoms. The molecule has 4 aliphatic rings. The molecule has 0 aromatic rings. The highest BCUT2D eigenvalue weighted by molar-refractivity contribution is 5.34. The summed E-state index contributed by atoms with van der Waals surface area (Å²) < 4.78 is 0. The van der Waals surface area contributed by atoms with Crippen LogP contribution in [0.5, 0.6) is 0 Å². The summed E-state index contributed by atoms with van der Waals surface area (Å²) in [5.41, 5.74) is 1.06. The van der Waals surface area contributed by atoms with Crippen molar-refractivity contribution < 1.29 is 0 Å². The molecule has 0 amide bonds. The summed E-state index contributed by atoms with van der Waals surface area (Å²) in [7, 11) is 0. The Bertz CT molecular complexity index is 182. The van der Waals surface area contributed by atoms with Crippen LogP contribution in [0.15, 0.2) is 0 Å². The monoisotopic (exact) mass is 106 g/mol. The van der Waals surface area contributed by atoms with Crippen molar-refractivity contribution in [3.63, 3.8) is 0 Å². The third-order valence-corrected chi connectivity index (χ3v) is 4.48. The summed E-state index contributed by atoms with van der Waals surface area (Å²) in [6, 6.07) is 0. The fourth-order valence-corrected chi connectivity index (χ4v) is 3.95. The first-order chi connectivity index (χ1) is 3.93. The average molecular weight is 106 g/mol. The van der Waals surface area contributed by atoms with E-state index in [0.717, 1.165) is 5.41 Å². The van der Waals surface area contributed by atoms with Gasteiger partial charge in [-0.1, -0.05) is 0 Å². The fourth-order valence-electron chi connectivity index (χ4n) is 3.95. The average Bonchev–Trinajstić information content (AvgIpc) is 2.43. The van der Waals surface area contributed by atoms with Crippen LogP contribution in [0.4, 0.5) is 0 Å². The molecule has 0 heterocycles. The highest BCUT2D eigenvalue weighted by Crippen LogP contribution is 2.92. The Morgan fingerprint density at radius 2 is 2.00 bits per heavy atom. The van der Waals surface area contributed by atoms with Gasteiger partial charge in [-0.05, 0) is 48.3 Å². The second-order valence-electron chi connectivity index (χ2n) is 4.36. The van der Waals surface area contributed by atoms with Crippen molar-refractivity contribution in [2.45, 2.75) is 19.3 Å². The van der Waals surface area contributed by atoms with Gasteiger partial charge in [-0.15, -0.1) is 0 Å². The molecule has 4 rings (SSSR count). The van der Waals surface area contributed by atoms with E-state index >= 15 is 0 Å². The van der Waals surface area contributed by atoms with Crippen molar-refractivity contribution in [3.8, 4) is 0 Å². The SMILES string of the molecule is C1[C@H]2[C@@H]1[C@@]13C[C@@H]1C[C@@H]23. The lowest BCUT2D eigenvalue weighted by molar-refractivity contribution is 0.0163. The summed E-state index contributed by atoms with van der Waals surface area (Å²) in [6.45, 7) is 0. The van der Waals surface area contributed by atoms with Crippen molar-refractivity contribution in [3.05, 3.63) is 0 Å². The number of fused-ring (bicyclic) bond motifs is 2. The quantitative estimate of drug-likeness (QED) is 0.440. The van der Waals surface area contributed by atoms with Gasteiger partial charge in [0.25, 0.3) is 0 Å². The van der Waals surface area contributed by atoms with Crippen LogP contribution in [-0.4, -0.2) is 0 Å². The molecular weight excluding hydrogens is 96.1 g/mol. The zero-order chi connectivity index (χ0) is 4.93. The molecule has 0 aliphatic heterocycles. The van der Waals surface area contributed by atoms with Crippen molar-refractivity contribution in [1.29, 1.82) is 0 Å². The lowest BCUT2D eigenvalue weighted by Crippen LogP contribution is -2.41. The molecule has 0 radical (unpaired) electrons. The van der Waals surface area contributed by atoms with Gasteiger partial charge in [-0.3, -0.25) is 0 Å². The summed E-state index contributed by atoms with van der Waals surface area (Å²) in [5, 5.41) is 0. The van der Waals surface area contributed by atoms with Gasteiger partial charge in [0.2, 0.25) is 0 Å². The molecule has 4 aliphatic carbocycles. The van der Waals surface area contributed by atoms with Crippen molar-refractivity contribution in [2.75, 3.05) is 0 Å². The van der Waals surface area contributed by atoms with E-state index in [1.165, 1.54) is 23.7 Å². The van der Waals surface area contributed by atoms with E-state index in [1.807, 2.05) is 0 Å². The van der Waals surface area contributed by atoms with Gasteiger partial charge in [0.05, 0.1) is 0 Å². The van der Waals surface area contributed by atoms with E-state index in [2.05, 4.69) is 0 Å². The van der Waals surface area contributed by atoms with Crippen molar-refractivity contribution >= 4 is 0 Å². The van der Waals surface area contributed by atoms with E-state index in [9.17, 15) is 0 Å². The molecule has 4 fully saturated rings. The van der Waals surface area contributed by atoms with Gasteiger partial charge >= 0.3 is 0 Å². The Hall–Kier alpha value is 0. The Balaban J connectivity index is 1.97. The van der Waals surface area contributed by atoms with E-state index in [0.29, 0.717) is 0 Å². The number of hydrogen-bond acceptors (Lipinski definition) is 0. The molecule has 5 atom stereocenters. The molecular formula is C8H10. The third kappa shape index (κ3) is 0.122. The summed E-state index contributed by atoms with van der Waals surface area (Å²) >= 11 is 0. The van der Waals surface area contributed by atoms with Crippen LogP contribution in [0.1, 0.15) is 19.3 Å². The standard InChI is InChI=1S/C8H10/c1-4-3-8(4)6(1)5-2-7(5)8/h4-7H,1-3H2/t4-,5+,6-,7+,8-/m0/s1. The molecule has 8 heavy (non-hydrogen) atoms. The molecule has 0 aromatic carbocycles. The Kier molecular flexibility index (Phi) is 0.231. The van der Waals surface area contributed by atoms with E-state index in [4.69, 9.17) is 0 Å². The summed E-state index contributed by atoms with van der Waals surface area (Å²) in [6.07, 6.45) is 4.93. The van der Waals surface area contributed by atoms with Crippen LogP contribution in [-0.2, 0) is 0 Å². The van der Waals surface area contributed by atoms with Crippen molar-refractivity contribution in [1.82, 2.24) is 0 Å². The molecule has 0 aromatic heterocycles. The Morgan fingerprint density at radius 1 is 1.12 bits per heavy atom. The van der Waals surface area contributed by atoms with Gasteiger partial charge in [0.1, 0.15) is 0 Å². The van der Waals surface area contributed by atoms with E-state index in [-0.39, 0.29) is 0 Å². The van der Waals surface area contributed by atoms with Gasteiger partial charge in [0.15, 0.2) is 0 Å². The second kappa shape index (κ2) is 0.571. The lowest BCUT2D eigenvalue weighted by Gasteiger charge is -2.46. The van der Waals surface area contributed by atoms with Crippen molar-refractivity contribution in [2.24, 2.45) is 29.1 Å². The lowest BCUT2D eigenvalue weighted by atomic mass is 9.59. The minimum Gasteiger partial charge on any atom is -0.0462 e. The minimum absolute atomic E-state index is 1.06. The Morgan fingerprint density at radius 3 is 2.50 bits per heavy atom. The van der Waals surface area contributed by atoms with Crippen LogP contribution >= 0.6 is 0 Å². The fraction of sp³-hybridized carbons (Fsp3) is 1.00. The van der Waals surface area contributed by atoms with Crippen LogP contribution in [0.2, 0.25) is 0 Å². The smallest absolute Gasteiger partial charge is 0.0204 e. The molecule has 0 N–H and O–H groups in total. The number of hydrogen-bond donors (Lipinski definition) is 0. The molecule has 4 saturated carbocycles. The maximum Gasteiger partial charge on any atom is -0.0204 e. The molecule has 0 unspecified atom stereocenters. The first-order valence-electron chi connectivity index (χ1n) is 3.93. The Labute approximate surface area is 49.3 Å². The summed E-state index contributed by atoms with van der Waals surface area (Å²) in [4.78, 5) is 0. The predicted octanol–water partition coefficient (Wildman–Crippen LogP) is 1.66. The highest BCUT2D eigenvalue weighted by atomic mass is 14.9. The zero-order valence-electron chi connectivity index (χ0n) is 4.93. The summed E-state index contributed by atoms with van der Waals surface area (Å²) in [5.74, 6) is 5.09. The molecule has 0 saturated heterocycles. The predicted molar refractivity (Wildman–Crippen MR) is 30.2 cm³/mol. The first-order valence-corrected chi connectivity index (χ1v) is 3.93. The minimum atomic E-state index is 1.06. The molecule has 0 bridgehead atoms.